The minimum Gasteiger partial charge on any atom is -0.356 e. The number of carbonyl (C=O) groups is 1. The molecule has 2 aromatic rings. The van der Waals surface area contributed by atoms with E-state index in [4.69, 9.17) is 0 Å². The lowest BCUT2D eigenvalue weighted by molar-refractivity contribution is -0.120. The van der Waals surface area contributed by atoms with Gasteiger partial charge in [-0.1, -0.05) is 26.0 Å². The molecule has 1 aromatic heterocycles. The van der Waals surface area contributed by atoms with Crippen LogP contribution < -0.4 is 5.32 Å². The molecule has 0 unspecified atom stereocenters. The van der Waals surface area contributed by atoms with Crippen LogP contribution in [0.3, 0.4) is 0 Å². The van der Waals surface area contributed by atoms with Crippen molar-refractivity contribution in [1.29, 1.82) is 0 Å². The van der Waals surface area contributed by atoms with Gasteiger partial charge >= 0.3 is 0 Å². The number of aromatic nitrogens is 4. The minimum absolute atomic E-state index is 0.0453. The van der Waals surface area contributed by atoms with Crippen molar-refractivity contribution >= 4 is 5.91 Å². The molecular formula is C13H17N5O. The van der Waals surface area contributed by atoms with Crippen molar-refractivity contribution in [3.8, 4) is 5.69 Å². The fraction of sp³-hybridized carbons (Fsp3) is 0.385. The number of nitrogens with zero attached hydrogens (tertiary/aromatic N) is 4. The van der Waals surface area contributed by atoms with Crippen LogP contribution in [0.2, 0.25) is 0 Å². The monoisotopic (exact) mass is 259 g/mol. The summed E-state index contributed by atoms with van der Waals surface area (Å²) in [5.41, 5.74) is 1.84. The second kappa shape index (κ2) is 6.08. The maximum atomic E-state index is 11.7. The van der Waals surface area contributed by atoms with E-state index in [0.29, 0.717) is 18.9 Å². The van der Waals surface area contributed by atoms with E-state index < -0.39 is 0 Å². The first-order valence-corrected chi connectivity index (χ1v) is 6.24. The fourth-order valence-electron chi connectivity index (χ4n) is 1.61. The highest BCUT2D eigenvalue weighted by Crippen LogP contribution is 2.08. The first-order valence-electron chi connectivity index (χ1n) is 6.24. The zero-order chi connectivity index (χ0) is 13.7. The van der Waals surface area contributed by atoms with Crippen LogP contribution in [0.4, 0.5) is 0 Å². The molecule has 0 saturated heterocycles. The first kappa shape index (κ1) is 13.2. The average molecular weight is 259 g/mol. The Bertz CT molecular complexity index is 518. The molecule has 0 saturated carbocycles. The molecule has 0 aliphatic rings. The van der Waals surface area contributed by atoms with E-state index in [-0.39, 0.29) is 5.91 Å². The van der Waals surface area contributed by atoms with Crippen molar-refractivity contribution in [2.45, 2.75) is 20.3 Å². The molecule has 0 atom stereocenters. The minimum atomic E-state index is 0.0453. The SMILES string of the molecule is CC(C)CNC(=O)Cc1ccc(-n2cnnn2)cc1. The van der Waals surface area contributed by atoms with Gasteiger partial charge in [0.05, 0.1) is 12.1 Å². The summed E-state index contributed by atoms with van der Waals surface area (Å²) in [6, 6.07) is 7.60. The third-order valence-electron chi connectivity index (χ3n) is 2.62. The van der Waals surface area contributed by atoms with Gasteiger partial charge in [-0.2, -0.15) is 0 Å². The topological polar surface area (TPSA) is 72.7 Å². The summed E-state index contributed by atoms with van der Waals surface area (Å²) < 4.78 is 1.57. The smallest absolute Gasteiger partial charge is 0.224 e. The predicted molar refractivity (Wildman–Crippen MR) is 70.7 cm³/mol. The van der Waals surface area contributed by atoms with E-state index in [0.717, 1.165) is 11.3 Å². The largest absolute Gasteiger partial charge is 0.356 e. The molecule has 19 heavy (non-hydrogen) atoms. The summed E-state index contributed by atoms with van der Waals surface area (Å²) in [5, 5.41) is 13.9. The van der Waals surface area contributed by atoms with Crippen molar-refractivity contribution in [2.75, 3.05) is 6.54 Å². The Morgan fingerprint density at radius 1 is 1.32 bits per heavy atom. The van der Waals surface area contributed by atoms with E-state index >= 15 is 0 Å². The van der Waals surface area contributed by atoms with Crippen LogP contribution >= 0.6 is 0 Å². The van der Waals surface area contributed by atoms with Gasteiger partial charge in [0.2, 0.25) is 5.91 Å². The van der Waals surface area contributed by atoms with Crippen molar-refractivity contribution in [3.05, 3.63) is 36.2 Å². The molecule has 1 heterocycles. The quantitative estimate of drug-likeness (QED) is 0.868. The number of hydrogen-bond acceptors (Lipinski definition) is 4. The summed E-state index contributed by atoms with van der Waals surface area (Å²) in [4.78, 5) is 11.7. The number of nitrogens with one attached hydrogen (secondary N) is 1. The molecule has 1 N–H and O–H groups in total. The summed E-state index contributed by atoms with van der Waals surface area (Å²) in [7, 11) is 0. The molecule has 2 rings (SSSR count). The van der Waals surface area contributed by atoms with Crippen molar-refractivity contribution in [3.63, 3.8) is 0 Å². The Labute approximate surface area is 111 Å². The molecule has 6 heteroatoms. The molecule has 1 aromatic carbocycles. The van der Waals surface area contributed by atoms with Gasteiger partial charge in [-0.25, -0.2) is 4.68 Å². The van der Waals surface area contributed by atoms with Crippen LogP contribution in [0.1, 0.15) is 19.4 Å². The molecule has 0 aliphatic carbocycles. The summed E-state index contributed by atoms with van der Waals surface area (Å²) in [6.07, 6.45) is 1.92. The van der Waals surface area contributed by atoms with Gasteiger partial charge in [-0.3, -0.25) is 4.79 Å². The van der Waals surface area contributed by atoms with Crippen molar-refractivity contribution in [1.82, 2.24) is 25.5 Å². The molecule has 0 aliphatic heterocycles. The summed E-state index contributed by atoms with van der Waals surface area (Å²) in [5.74, 6) is 0.509. The third kappa shape index (κ3) is 3.87. The van der Waals surface area contributed by atoms with E-state index in [9.17, 15) is 4.79 Å². The molecule has 100 valence electrons. The second-order valence-corrected chi connectivity index (χ2v) is 4.80. The normalized spacial score (nSPS) is 10.7. The summed E-state index contributed by atoms with van der Waals surface area (Å²) in [6.45, 7) is 4.85. The second-order valence-electron chi connectivity index (χ2n) is 4.80. The average Bonchev–Trinajstić information content (AvgIpc) is 2.91. The standard InChI is InChI=1S/C13H17N5O/c1-10(2)8-14-13(19)7-11-3-5-12(6-4-11)18-9-15-16-17-18/h3-6,9-10H,7-8H2,1-2H3,(H,14,19). The third-order valence-corrected chi connectivity index (χ3v) is 2.62. The number of hydrogen-bond donors (Lipinski definition) is 1. The molecule has 0 fully saturated rings. The van der Waals surface area contributed by atoms with Gasteiger partial charge in [0.25, 0.3) is 0 Å². The lowest BCUT2D eigenvalue weighted by atomic mass is 10.1. The number of rotatable bonds is 5. The van der Waals surface area contributed by atoms with Crippen LogP contribution in [0, 0.1) is 5.92 Å². The number of tetrazole rings is 1. The Kier molecular flexibility index (Phi) is 4.22. The first-order chi connectivity index (χ1) is 9.15. The van der Waals surface area contributed by atoms with Gasteiger partial charge < -0.3 is 5.32 Å². The Balaban J connectivity index is 1.94. The van der Waals surface area contributed by atoms with Crippen LogP contribution in [-0.2, 0) is 11.2 Å². The highest BCUT2D eigenvalue weighted by atomic mass is 16.1. The van der Waals surface area contributed by atoms with E-state index in [1.54, 1.807) is 4.68 Å². The maximum absolute atomic E-state index is 11.7. The number of carbonyl (C=O) groups excluding carboxylic acids is 1. The molecule has 0 bridgehead atoms. The van der Waals surface area contributed by atoms with Gasteiger partial charge in [-0.05, 0) is 34.0 Å². The Morgan fingerprint density at radius 2 is 2.05 bits per heavy atom. The van der Waals surface area contributed by atoms with Crippen LogP contribution in [0.15, 0.2) is 30.6 Å². The fourth-order valence-corrected chi connectivity index (χ4v) is 1.61. The van der Waals surface area contributed by atoms with E-state index in [1.165, 1.54) is 6.33 Å². The van der Waals surface area contributed by atoms with E-state index in [2.05, 4.69) is 34.7 Å². The Hall–Kier alpha value is -2.24. The molecule has 0 radical (unpaired) electrons. The molecule has 1 amide bonds. The van der Waals surface area contributed by atoms with Gasteiger partial charge in [0.15, 0.2) is 0 Å². The van der Waals surface area contributed by atoms with Gasteiger partial charge in [-0.15, -0.1) is 5.10 Å². The Morgan fingerprint density at radius 3 is 2.63 bits per heavy atom. The van der Waals surface area contributed by atoms with Crippen molar-refractivity contribution in [2.24, 2.45) is 5.92 Å². The molecule has 6 nitrogen and oxygen atoms in total. The van der Waals surface area contributed by atoms with Crippen molar-refractivity contribution < 1.29 is 4.79 Å². The van der Waals surface area contributed by atoms with Gasteiger partial charge in [0, 0.05) is 6.54 Å². The van der Waals surface area contributed by atoms with E-state index in [1.807, 2.05) is 24.3 Å². The maximum Gasteiger partial charge on any atom is 0.224 e. The summed E-state index contributed by atoms with van der Waals surface area (Å²) >= 11 is 0. The lowest BCUT2D eigenvalue weighted by Crippen LogP contribution is -2.28. The van der Waals surface area contributed by atoms with Crippen LogP contribution in [0.5, 0.6) is 0 Å². The van der Waals surface area contributed by atoms with Crippen LogP contribution in [-0.4, -0.2) is 32.7 Å². The number of benzene rings is 1. The van der Waals surface area contributed by atoms with Gasteiger partial charge in [0.1, 0.15) is 6.33 Å². The zero-order valence-electron chi connectivity index (χ0n) is 11.1. The zero-order valence-corrected chi connectivity index (χ0v) is 11.1. The highest BCUT2D eigenvalue weighted by Gasteiger charge is 2.04. The molecular weight excluding hydrogens is 242 g/mol. The highest BCUT2D eigenvalue weighted by molar-refractivity contribution is 5.78. The predicted octanol–water partition coefficient (Wildman–Crippen LogP) is 0.977. The number of amides is 1. The van der Waals surface area contributed by atoms with Crippen LogP contribution in [0.25, 0.3) is 5.69 Å². The lowest BCUT2D eigenvalue weighted by Gasteiger charge is -2.08. The molecule has 0 spiro atoms.